The van der Waals surface area contributed by atoms with E-state index >= 15 is 0 Å². The molecule has 176 valence electrons. The highest BCUT2D eigenvalue weighted by Gasteiger charge is 2.37. The van der Waals surface area contributed by atoms with E-state index in [2.05, 4.69) is 0 Å². The molecule has 0 unspecified atom stereocenters. The number of carbonyl (C=O) groups excluding carboxylic acids is 2. The molecular formula is C26H24ClFN2O4. The van der Waals surface area contributed by atoms with Gasteiger partial charge in [0.1, 0.15) is 5.82 Å². The molecule has 6 nitrogen and oxygen atoms in total. The molecular weight excluding hydrogens is 459 g/mol. The van der Waals surface area contributed by atoms with Crippen LogP contribution in [0.5, 0.6) is 0 Å². The smallest absolute Gasteiger partial charge is 0.243 e. The summed E-state index contributed by atoms with van der Waals surface area (Å²) in [6.07, 6.45) is -0.607. The van der Waals surface area contributed by atoms with E-state index in [1.165, 1.54) is 6.07 Å². The van der Waals surface area contributed by atoms with Crippen LogP contribution < -0.4 is 5.48 Å². The first-order valence-electron chi connectivity index (χ1n) is 10.9. The molecule has 0 bridgehead atoms. The van der Waals surface area contributed by atoms with Crippen LogP contribution in [0.2, 0.25) is 5.02 Å². The van der Waals surface area contributed by atoms with E-state index in [9.17, 15) is 19.1 Å². The van der Waals surface area contributed by atoms with Crippen molar-refractivity contribution in [3.63, 3.8) is 0 Å². The number of hydrogen-bond donors (Lipinski definition) is 3. The number of amides is 2. The van der Waals surface area contributed by atoms with Crippen LogP contribution in [0.15, 0.2) is 66.7 Å². The van der Waals surface area contributed by atoms with Gasteiger partial charge in [-0.3, -0.25) is 14.8 Å². The Morgan fingerprint density at radius 2 is 1.74 bits per heavy atom. The molecule has 8 heteroatoms. The van der Waals surface area contributed by atoms with E-state index in [1.807, 2.05) is 48.5 Å². The van der Waals surface area contributed by atoms with Crippen LogP contribution in [-0.2, 0) is 22.6 Å². The number of aliphatic hydroxyl groups excluding tert-OH is 1. The Labute approximate surface area is 201 Å². The van der Waals surface area contributed by atoms with Crippen LogP contribution >= 0.6 is 11.6 Å². The van der Waals surface area contributed by atoms with Crippen molar-refractivity contribution in [2.75, 3.05) is 0 Å². The molecule has 0 aliphatic heterocycles. The number of carbonyl (C=O) groups is 2. The molecule has 2 amide bonds. The summed E-state index contributed by atoms with van der Waals surface area (Å²) in [5.74, 6) is -1.44. The lowest BCUT2D eigenvalue weighted by atomic mass is 10.0. The number of halogens is 2. The zero-order chi connectivity index (χ0) is 24.2. The van der Waals surface area contributed by atoms with Gasteiger partial charge < -0.3 is 10.0 Å². The maximum absolute atomic E-state index is 13.5. The number of fused-ring (bicyclic) bond motifs is 1. The van der Waals surface area contributed by atoms with E-state index in [0.717, 1.165) is 27.8 Å². The number of benzene rings is 3. The third kappa shape index (κ3) is 5.12. The number of hydrogen-bond acceptors (Lipinski definition) is 4. The van der Waals surface area contributed by atoms with Gasteiger partial charge in [0.2, 0.25) is 11.8 Å². The molecule has 3 aromatic rings. The van der Waals surface area contributed by atoms with Gasteiger partial charge in [0.15, 0.2) is 0 Å². The lowest BCUT2D eigenvalue weighted by Gasteiger charge is -2.32. The number of nitrogens with zero attached hydrogens (tertiary/aromatic N) is 1. The monoisotopic (exact) mass is 482 g/mol. The Morgan fingerprint density at radius 3 is 2.44 bits per heavy atom. The largest absolute Gasteiger partial charge is 0.390 e. The van der Waals surface area contributed by atoms with Crippen molar-refractivity contribution in [3.8, 4) is 11.1 Å². The van der Waals surface area contributed by atoms with Gasteiger partial charge in [-0.2, -0.15) is 0 Å². The summed E-state index contributed by atoms with van der Waals surface area (Å²) in [4.78, 5) is 26.2. The van der Waals surface area contributed by atoms with Gasteiger partial charge in [-0.1, -0.05) is 66.2 Å². The van der Waals surface area contributed by atoms with Gasteiger partial charge in [0.25, 0.3) is 0 Å². The molecule has 0 saturated carbocycles. The maximum Gasteiger partial charge on any atom is 0.243 e. The van der Waals surface area contributed by atoms with E-state index in [1.54, 1.807) is 22.5 Å². The molecule has 0 spiro atoms. The van der Waals surface area contributed by atoms with Crippen molar-refractivity contribution in [3.05, 3.63) is 94.3 Å². The molecule has 1 aliphatic carbocycles. The van der Waals surface area contributed by atoms with E-state index < -0.39 is 23.9 Å². The van der Waals surface area contributed by atoms with E-state index in [-0.39, 0.29) is 30.3 Å². The summed E-state index contributed by atoms with van der Waals surface area (Å²) in [5.41, 5.74) is 5.84. The lowest BCUT2D eigenvalue weighted by Crippen LogP contribution is -2.39. The second-order valence-corrected chi connectivity index (χ2v) is 8.70. The molecule has 1 aliphatic rings. The van der Waals surface area contributed by atoms with Crippen molar-refractivity contribution in [1.29, 1.82) is 0 Å². The third-order valence-corrected chi connectivity index (χ3v) is 6.36. The Morgan fingerprint density at radius 1 is 1.03 bits per heavy atom. The first kappa shape index (κ1) is 23.9. The van der Waals surface area contributed by atoms with Gasteiger partial charge >= 0.3 is 0 Å². The molecule has 2 atom stereocenters. The molecule has 0 aromatic heterocycles. The fourth-order valence-corrected chi connectivity index (χ4v) is 4.55. The third-order valence-electron chi connectivity index (χ3n) is 6.07. The van der Waals surface area contributed by atoms with Gasteiger partial charge in [-0.05, 0) is 39.9 Å². The first-order valence-corrected chi connectivity index (χ1v) is 11.3. The second-order valence-electron chi connectivity index (χ2n) is 8.30. The summed E-state index contributed by atoms with van der Waals surface area (Å²) in [6, 6.07) is 19.0. The molecule has 34 heavy (non-hydrogen) atoms. The van der Waals surface area contributed by atoms with Gasteiger partial charge in [-0.25, -0.2) is 9.87 Å². The summed E-state index contributed by atoms with van der Waals surface area (Å²) >= 11 is 5.90. The standard InChI is InChI=1S/C26H24ClFN2O4/c27-21-13-18(9-10-22(21)28)17-7-5-16(6-8-17)15-30(25(33)12-11-24(32)29-34)26-20-4-2-1-3-19(20)14-23(26)31/h1-10,13,23,26,31,34H,11-12,14-15H2,(H,29,32)/t23-,26+/m1/s1. The average molecular weight is 483 g/mol. The average Bonchev–Trinajstić information content (AvgIpc) is 3.18. The van der Waals surface area contributed by atoms with Crippen molar-refractivity contribution >= 4 is 23.4 Å². The van der Waals surface area contributed by atoms with Gasteiger partial charge in [-0.15, -0.1) is 0 Å². The Hall–Kier alpha value is -3.26. The predicted molar refractivity (Wildman–Crippen MR) is 125 cm³/mol. The summed E-state index contributed by atoms with van der Waals surface area (Å²) < 4.78 is 13.5. The minimum atomic E-state index is -0.770. The molecule has 3 aromatic carbocycles. The van der Waals surface area contributed by atoms with Crippen LogP contribution in [-0.4, -0.2) is 33.1 Å². The fourth-order valence-electron chi connectivity index (χ4n) is 4.37. The van der Waals surface area contributed by atoms with Crippen molar-refractivity contribution in [1.82, 2.24) is 10.4 Å². The zero-order valence-corrected chi connectivity index (χ0v) is 19.0. The molecule has 0 heterocycles. The molecule has 0 saturated heterocycles. The summed E-state index contributed by atoms with van der Waals surface area (Å²) in [6.45, 7) is 0.222. The SMILES string of the molecule is O=C(CCC(=O)N(Cc1ccc(-c2ccc(F)c(Cl)c2)cc1)[C@H]1c2ccccc2C[C@H]1O)NO. The van der Waals surface area contributed by atoms with Crippen molar-refractivity contribution in [2.24, 2.45) is 0 Å². The van der Waals surface area contributed by atoms with Crippen LogP contribution in [0.4, 0.5) is 4.39 Å². The normalized spacial score (nSPS) is 16.7. The minimum Gasteiger partial charge on any atom is -0.390 e. The Bertz CT molecular complexity index is 1200. The second kappa shape index (κ2) is 10.3. The van der Waals surface area contributed by atoms with Crippen molar-refractivity contribution < 1.29 is 24.3 Å². The predicted octanol–water partition coefficient (Wildman–Crippen LogP) is 4.42. The van der Waals surface area contributed by atoms with Crippen LogP contribution in [0.3, 0.4) is 0 Å². The molecule has 0 radical (unpaired) electrons. The van der Waals surface area contributed by atoms with Crippen LogP contribution in [0.1, 0.15) is 35.6 Å². The Balaban J connectivity index is 1.60. The minimum absolute atomic E-state index is 0.0409. The summed E-state index contributed by atoms with van der Waals surface area (Å²) in [7, 11) is 0. The molecule has 3 N–H and O–H groups in total. The summed E-state index contributed by atoms with van der Waals surface area (Å²) in [5, 5.41) is 19.6. The topological polar surface area (TPSA) is 89.9 Å². The Kier molecular flexibility index (Phi) is 7.26. The van der Waals surface area contributed by atoms with Gasteiger partial charge in [0.05, 0.1) is 17.2 Å². The molecule has 0 fully saturated rings. The fraction of sp³-hybridized carbons (Fsp3) is 0.231. The highest BCUT2D eigenvalue weighted by Crippen LogP contribution is 2.37. The van der Waals surface area contributed by atoms with E-state index in [0.29, 0.717) is 6.42 Å². The lowest BCUT2D eigenvalue weighted by molar-refractivity contribution is -0.140. The number of aliphatic hydroxyl groups is 1. The van der Waals surface area contributed by atoms with E-state index in [4.69, 9.17) is 16.8 Å². The highest BCUT2D eigenvalue weighted by atomic mass is 35.5. The zero-order valence-electron chi connectivity index (χ0n) is 18.2. The number of rotatable bonds is 7. The van der Waals surface area contributed by atoms with Crippen molar-refractivity contribution in [2.45, 2.75) is 38.0 Å². The maximum atomic E-state index is 13.5. The van der Waals surface area contributed by atoms with Crippen LogP contribution in [0, 0.1) is 5.82 Å². The van der Waals surface area contributed by atoms with Crippen LogP contribution in [0.25, 0.3) is 11.1 Å². The van der Waals surface area contributed by atoms with Gasteiger partial charge in [0, 0.05) is 25.8 Å². The highest BCUT2D eigenvalue weighted by molar-refractivity contribution is 6.31. The number of nitrogens with one attached hydrogen (secondary N) is 1. The quantitative estimate of drug-likeness (QED) is 0.343. The number of hydroxylamine groups is 1. The first-order chi connectivity index (χ1) is 16.4. The molecule has 4 rings (SSSR count).